The van der Waals surface area contributed by atoms with Gasteiger partial charge in [0.1, 0.15) is 0 Å². The molecule has 13 heavy (non-hydrogen) atoms. The Balaban J connectivity index is 2.35. The average molecular weight is 199 g/mol. The van der Waals surface area contributed by atoms with E-state index in [1.54, 1.807) is 12.1 Å². The Kier molecular flexibility index (Phi) is 1.88. The van der Waals surface area contributed by atoms with Gasteiger partial charge < -0.3 is 9.47 Å². The molecule has 0 aliphatic carbocycles. The molecule has 0 radical (unpaired) electrons. The summed E-state index contributed by atoms with van der Waals surface area (Å²) in [5, 5.41) is 0.669. The molecule has 0 fully saturated rings. The highest BCUT2D eigenvalue weighted by Gasteiger charge is 2.34. The molecule has 1 aliphatic heterocycles. The van der Waals surface area contributed by atoms with Gasteiger partial charge in [-0.1, -0.05) is 18.5 Å². The predicted molar refractivity (Wildman–Crippen MR) is 51.4 cm³/mol. The van der Waals surface area contributed by atoms with Crippen molar-refractivity contribution in [1.29, 1.82) is 0 Å². The molecule has 1 aromatic rings. The predicted octanol–water partition coefficient (Wildman–Crippen LogP) is 3.24. The first-order valence-electron chi connectivity index (χ1n) is 4.30. The fraction of sp³-hybridized carbons (Fsp3) is 0.400. The number of benzene rings is 1. The molecule has 0 saturated heterocycles. The second-order valence-electron chi connectivity index (χ2n) is 3.28. The fourth-order valence-electron chi connectivity index (χ4n) is 1.28. The number of ether oxygens (including phenoxy) is 2. The topological polar surface area (TPSA) is 18.5 Å². The Bertz CT molecular complexity index is 338. The summed E-state index contributed by atoms with van der Waals surface area (Å²) in [5.41, 5.74) is 0. The summed E-state index contributed by atoms with van der Waals surface area (Å²) in [6, 6.07) is 5.40. The minimum atomic E-state index is -0.521. The van der Waals surface area contributed by atoms with Gasteiger partial charge in [0, 0.05) is 24.4 Å². The molecule has 1 heterocycles. The largest absolute Gasteiger partial charge is 0.449 e. The minimum absolute atomic E-state index is 0.521. The molecular weight excluding hydrogens is 188 g/mol. The van der Waals surface area contributed by atoms with Gasteiger partial charge in [-0.2, -0.15) is 0 Å². The Morgan fingerprint density at radius 1 is 1.31 bits per heavy atom. The Morgan fingerprint density at radius 3 is 2.69 bits per heavy atom. The van der Waals surface area contributed by atoms with Crippen LogP contribution >= 0.6 is 11.6 Å². The van der Waals surface area contributed by atoms with Crippen LogP contribution in [0.4, 0.5) is 0 Å². The molecule has 70 valence electrons. The van der Waals surface area contributed by atoms with E-state index in [0.717, 1.165) is 17.9 Å². The molecule has 0 aromatic heterocycles. The van der Waals surface area contributed by atoms with Crippen LogP contribution in [0.3, 0.4) is 0 Å². The second kappa shape index (κ2) is 2.81. The van der Waals surface area contributed by atoms with Gasteiger partial charge in [-0.3, -0.25) is 0 Å². The van der Waals surface area contributed by atoms with Crippen molar-refractivity contribution in [1.82, 2.24) is 0 Å². The van der Waals surface area contributed by atoms with Crippen LogP contribution in [0, 0.1) is 0 Å². The smallest absolute Gasteiger partial charge is 0.248 e. The van der Waals surface area contributed by atoms with E-state index in [2.05, 4.69) is 0 Å². The summed E-state index contributed by atoms with van der Waals surface area (Å²) in [6.45, 7) is 3.94. The average Bonchev–Trinajstić information content (AvgIpc) is 2.42. The van der Waals surface area contributed by atoms with Crippen molar-refractivity contribution in [3.8, 4) is 11.5 Å². The second-order valence-corrected chi connectivity index (χ2v) is 3.72. The zero-order valence-electron chi connectivity index (χ0n) is 7.63. The van der Waals surface area contributed by atoms with Gasteiger partial charge in [0.2, 0.25) is 5.79 Å². The van der Waals surface area contributed by atoms with Crippen molar-refractivity contribution < 1.29 is 9.47 Å². The van der Waals surface area contributed by atoms with Crippen molar-refractivity contribution in [2.45, 2.75) is 26.1 Å². The third-order valence-electron chi connectivity index (χ3n) is 2.20. The highest BCUT2D eigenvalue weighted by atomic mass is 35.5. The molecule has 0 spiro atoms. The third-order valence-corrected chi connectivity index (χ3v) is 2.43. The number of hydrogen-bond acceptors (Lipinski definition) is 2. The molecule has 1 unspecified atom stereocenters. The van der Waals surface area contributed by atoms with Gasteiger partial charge in [-0.05, 0) is 12.1 Å². The summed E-state index contributed by atoms with van der Waals surface area (Å²) in [7, 11) is 0. The molecule has 1 aliphatic rings. The van der Waals surface area contributed by atoms with Gasteiger partial charge >= 0.3 is 0 Å². The maximum atomic E-state index is 5.82. The van der Waals surface area contributed by atoms with Crippen LogP contribution in [-0.4, -0.2) is 5.79 Å². The number of fused-ring (bicyclic) bond motifs is 1. The monoisotopic (exact) mass is 198 g/mol. The summed E-state index contributed by atoms with van der Waals surface area (Å²) in [4.78, 5) is 0. The van der Waals surface area contributed by atoms with E-state index in [4.69, 9.17) is 21.1 Å². The normalized spacial score (nSPS) is 24.8. The van der Waals surface area contributed by atoms with Crippen LogP contribution in [0.25, 0.3) is 0 Å². The third kappa shape index (κ3) is 1.46. The first-order valence-corrected chi connectivity index (χ1v) is 4.68. The van der Waals surface area contributed by atoms with E-state index in [1.165, 1.54) is 0 Å². The summed E-state index contributed by atoms with van der Waals surface area (Å²) >= 11 is 5.82. The maximum Gasteiger partial charge on any atom is 0.248 e. The molecule has 3 heteroatoms. The van der Waals surface area contributed by atoms with Crippen LogP contribution in [0.2, 0.25) is 5.02 Å². The molecule has 0 amide bonds. The zero-order chi connectivity index (χ0) is 9.47. The quantitative estimate of drug-likeness (QED) is 0.690. The SMILES string of the molecule is CCC1(C)Oc2ccc(Cl)cc2O1. The Labute approximate surface area is 82.4 Å². The van der Waals surface area contributed by atoms with E-state index < -0.39 is 5.79 Å². The highest BCUT2D eigenvalue weighted by Crippen LogP contribution is 2.41. The van der Waals surface area contributed by atoms with Crippen molar-refractivity contribution in [3.05, 3.63) is 23.2 Å². The van der Waals surface area contributed by atoms with Crippen molar-refractivity contribution >= 4 is 11.6 Å². The van der Waals surface area contributed by atoms with Gasteiger partial charge in [-0.15, -0.1) is 0 Å². The lowest BCUT2D eigenvalue weighted by Crippen LogP contribution is -2.33. The lowest BCUT2D eigenvalue weighted by molar-refractivity contribution is -0.0640. The van der Waals surface area contributed by atoms with E-state index in [0.29, 0.717) is 5.02 Å². The van der Waals surface area contributed by atoms with E-state index >= 15 is 0 Å². The Morgan fingerprint density at radius 2 is 2.00 bits per heavy atom. The van der Waals surface area contributed by atoms with Crippen molar-refractivity contribution in [2.24, 2.45) is 0 Å². The number of halogens is 1. The summed E-state index contributed by atoms with van der Waals surface area (Å²) in [5.74, 6) is 0.984. The van der Waals surface area contributed by atoms with Crippen LogP contribution in [-0.2, 0) is 0 Å². The summed E-state index contributed by atoms with van der Waals surface area (Å²) < 4.78 is 11.2. The van der Waals surface area contributed by atoms with Gasteiger partial charge in [-0.25, -0.2) is 0 Å². The Hall–Kier alpha value is -0.890. The summed E-state index contributed by atoms with van der Waals surface area (Å²) in [6.07, 6.45) is 0.805. The zero-order valence-corrected chi connectivity index (χ0v) is 8.39. The highest BCUT2D eigenvalue weighted by molar-refractivity contribution is 6.30. The molecule has 2 nitrogen and oxygen atoms in total. The van der Waals surface area contributed by atoms with Crippen LogP contribution in [0.5, 0.6) is 11.5 Å². The van der Waals surface area contributed by atoms with Gasteiger partial charge in [0.15, 0.2) is 11.5 Å². The first kappa shape index (κ1) is 8.70. The van der Waals surface area contributed by atoms with Crippen LogP contribution in [0.1, 0.15) is 20.3 Å². The number of rotatable bonds is 1. The van der Waals surface area contributed by atoms with Crippen LogP contribution in [0.15, 0.2) is 18.2 Å². The number of hydrogen-bond donors (Lipinski definition) is 0. The van der Waals surface area contributed by atoms with Gasteiger partial charge in [0.05, 0.1) is 0 Å². The van der Waals surface area contributed by atoms with Crippen LogP contribution < -0.4 is 9.47 Å². The molecule has 1 atom stereocenters. The molecule has 0 saturated carbocycles. The van der Waals surface area contributed by atoms with Gasteiger partial charge in [0.25, 0.3) is 0 Å². The molecule has 2 rings (SSSR count). The van der Waals surface area contributed by atoms with E-state index in [9.17, 15) is 0 Å². The lowest BCUT2D eigenvalue weighted by atomic mass is 10.2. The fourth-order valence-corrected chi connectivity index (χ4v) is 1.44. The van der Waals surface area contributed by atoms with E-state index in [1.807, 2.05) is 19.9 Å². The molecular formula is C10H11ClO2. The lowest BCUT2D eigenvalue weighted by Gasteiger charge is -2.20. The van der Waals surface area contributed by atoms with Crippen molar-refractivity contribution in [2.75, 3.05) is 0 Å². The molecule has 0 bridgehead atoms. The first-order chi connectivity index (χ1) is 6.13. The minimum Gasteiger partial charge on any atom is -0.449 e. The molecule has 1 aromatic carbocycles. The van der Waals surface area contributed by atoms with Crippen molar-refractivity contribution in [3.63, 3.8) is 0 Å². The van der Waals surface area contributed by atoms with E-state index in [-0.39, 0.29) is 0 Å². The molecule has 0 N–H and O–H groups in total. The maximum absolute atomic E-state index is 5.82. The standard InChI is InChI=1S/C10H11ClO2/c1-3-10(2)12-8-5-4-7(11)6-9(8)13-10/h4-6H,3H2,1-2H3.